The van der Waals surface area contributed by atoms with Gasteiger partial charge in [-0.3, -0.25) is 0 Å². The summed E-state index contributed by atoms with van der Waals surface area (Å²) in [4.78, 5) is 0.140. The lowest BCUT2D eigenvalue weighted by Gasteiger charge is -2.06. The van der Waals surface area contributed by atoms with E-state index in [0.29, 0.717) is 24.4 Å². The fraction of sp³-hybridized carbons (Fsp3) is 0.357. The van der Waals surface area contributed by atoms with Crippen LogP contribution in [0.15, 0.2) is 33.7 Å². The fourth-order valence-corrected chi connectivity index (χ4v) is 3.37. The van der Waals surface area contributed by atoms with Crippen LogP contribution < -0.4 is 4.72 Å². The van der Waals surface area contributed by atoms with Gasteiger partial charge in [0.15, 0.2) is 5.76 Å². The molecule has 0 unspecified atom stereocenters. The summed E-state index contributed by atoms with van der Waals surface area (Å²) in [6, 6.07) is 8.02. The predicted octanol–water partition coefficient (Wildman–Crippen LogP) is 2.12. The molecule has 108 valence electrons. The van der Waals surface area contributed by atoms with Gasteiger partial charge in [0.2, 0.25) is 10.0 Å². The van der Waals surface area contributed by atoms with Crippen LogP contribution in [0, 0.1) is 20.8 Å². The second kappa shape index (κ2) is 5.76. The van der Waals surface area contributed by atoms with Crippen LogP contribution in [-0.4, -0.2) is 20.1 Å². The van der Waals surface area contributed by atoms with E-state index in [0.717, 1.165) is 5.56 Å². The molecule has 0 atom stereocenters. The lowest BCUT2D eigenvalue weighted by molar-refractivity contribution is 0.390. The summed E-state index contributed by atoms with van der Waals surface area (Å²) in [5, 5.41) is 3.66. The number of aryl methyl sites for hydroxylation is 3. The first-order chi connectivity index (χ1) is 9.40. The molecule has 0 saturated heterocycles. The van der Waals surface area contributed by atoms with Crippen LogP contribution in [-0.2, 0) is 16.4 Å². The Bertz CT molecular complexity index is 668. The van der Waals surface area contributed by atoms with E-state index in [9.17, 15) is 8.42 Å². The van der Waals surface area contributed by atoms with Crippen molar-refractivity contribution in [1.82, 2.24) is 9.88 Å². The van der Waals surface area contributed by atoms with Crippen molar-refractivity contribution in [3.05, 3.63) is 46.8 Å². The standard InChI is InChI=1S/C14H18N2O3S/c1-10-4-6-13(7-5-10)8-9-15-20(17,18)14-11(2)16-19-12(14)3/h4-7,15H,8-9H2,1-3H3. The van der Waals surface area contributed by atoms with E-state index in [-0.39, 0.29) is 4.90 Å². The normalized spacial score (nSPS) is 11.8. The van der Waals surface area contributed by atoms with Gasteiger partial charge in [-0.15, -0.1) is 0 Å². The lowest BCUT2D eigenvalue weighted by atomic mass is 10.1. The quantitative estimate of drug-likeness (QED) is 0.917. The molecule has 0 aliphatic carbocycles. The summed E-state index contributed by atoms with van der Waals surface area (Å²) in [5.41, 5.74) is 2.66. The van der Waals surface area contributed by atoms with E-state index < -0.39 is 10.0 Å². The van der Waals surface area contributed by atoms with E-state index in [4.69, 9.17) is 4.52 Å². The van der Waals surface area contributed by atoms with Crippen LogP contribution >= 0.6 is 0 Å². The number of nitrogens with zero attached hydrogens (tertiary/aromatic N) is 1. The molecule has 5 nitrogen and oxygen atoms in total. The summed E-state index contributed by atoms with van der Waals surface area (Å²) in [6.07, 6.45) is 0.642. The zero-order valence-electron chi connectivity index (χ0n) is 11.8. The molecule has 20 heavy (non-hydrogen) atoms. The van der Waals surface area contributed by atoms with Crippen LogP contribution in [0.4, 0.5) is 0 Å². The van der Waals surface area contributed by atoms with Crippen molar-refractivity contribution in [1.29, 1.82) is 0 Å². The van der Waals surface area contributed by atoms with E-state index >= 15 is 0 Å². The predicted molar refractivity (Wildman–Crippen MR) is 76.0 cm³/mol. The molecule has 0 saturated carbocycles. The number of benzene rings is 1. The Labute approximate surface area is 119 Å². The van der Waals surface area contributed by atoms with Crippen LogP contribution in [0.25, 0.3) is 0 Å². The summed E-state index contributed by atoms with van der Waals surface area (Å²) in [7, 11) is -3.56. The first kappa shape index (κ1) is 14.7. The molecule has 0 aliphatic rings. The third-order valence-corrected chi connectivity index (χ3v) is 4.77. The first-order valence-corrected chi connectivity index (χ1v) is 7.86. The molecule has 0 fully saturated rings. The van der Waals surface area contributed by atoms with Crippen molar-refractivity contribution < 1.29 is 12.9 Å². The van der Waals surface area contributed by atoms with E-state index in [1.165, 1.54) is 5.56 Å². The number of nitrogens with one attached hydrogen (secondary N) is 1. The number of hydrogen-bond acceptors (Lipinski definition) is 4. The largest absolute Gasteiger partial charge is 0.360 e. The third kappa shape index (κ3) is 3.26. The maximum atomic E-state index is 12.2. The van der Waals surface area contributed by atoms with E-state index in [2.05, 4.69) is 9.88 Å². The summed E-state index contributed by atoms with van der Waals surface area (Å²) >= 11 is 0. The van der Waals surface area contributed by atoms with Gasteiger partial charge in [-0.05, 0) is 32.8 Å². The maximum absolute atomic E-state index is 12.2. The topological polar surface area (TPSA) is 72.2 Å². The number of aromatic nitrogens is 1. The van der Waals surface area contributed by atoms with Crippen molar-refractivity contribution in [3.63, 3.8) is 0 Å². The molecule has 0 spiro atoms. The van der Waals surface area contributed by atoms with Gasteiger partial charge in [0, 0.05) is 6.54 Å². The third-order valence-electron chi connectivity index (χ3n) is 3.06. The second-order valence-corrected chi connectivity index (χ2v) is 6.49. The molecule has 0 radical (unpaired) electrons. The van der Waals surface area contributed by atoms with Crippen LogP contribution in [0.1, 0.15) is 22.6 Å². The molecule has 2 aromatic rings. The Morgan fingerprint density at radius 3 is 2.35 bits per heavy atom. The first-order valence-electron chi connectivity index (χ1n) is 6.38. The van der Waals surface area contributed by atoms with E-state index in [1.807, 2.05) is 31.2 Å². The molecule has 0 bridgehead atoms. The van der Waals surface area contributed by atoms with Crippen molar-refractivity contribution >= 4 is 10.0 Å². The average Bonchev–Trinajstić information content (AvgIpc) is 2.72. The molecule has 1 aromatic heterocycles. The van der Waals surface area contributed by atoms with Gasteiger partial charge in [0.25, 0.3) is 0 Å². The number of sulfonamides is 1. The monoisotopic (exact) mass is 294 g/mol. The second-order valence-electron chi connectivity index (χ2n) is 4.79. The van der Waals surface area contributed by atoms with Crippen molar-refractivity contribution in [2.24, 2.45) is 0 Å². The molecule has 0 amide bonds. The Balaban J connectivity index is 2.02. The molecule has 0 aliphatic heterocycles. The van der Waals surface area contributed by atoms with Gasteiger partial charge in [-0.1, -0.05) is 35.0 Å². The van der Waals surface area contributed by atoms with Crippen molar-refractivity contribution in [3.8, 4) is 0 Å². The molecule has 1 N–H and O–H groups in total. The van der Waals surface area contributed by atoms with Gasteiger partial charge in [0.05, 0.1) is 0 Å². The molecular formula is C14H18N2O3S. The van der Waals surface area contributed by atoms with Gasteiger partial charge < -0.3 is 4.52 Å². The molecular weight excluding hydrogens is 276 g/mol. The molecule has 1 heterocycles. The Hall–Kier alpha value is -1.66. The average molecular weight is 294 g/mol. The van der Waals surface area contributed by atoms with Gasteiger partial charge in [-0.25, -0.2) is 13.1 Å². The fourth-order valence-electron chi connectivity index (χ4n) is 2.01. The summed E-state index contributed by atoms with van der Waals surface area (Å²) in [5.74, 6) is 0.310. The minimum Gasteiger partial charge on any atom is -0.360 e. The van der Waals surface area contributed by atoms with Gasteiger partial charge >= 0.3 is 0 Å². The smallest absolute Gasteiger partial charge is 0.245 e. The van der Waals surface area contributed by atoms with Crippen molar-refractivity contribution in [2.45, 2.75) is 32.1 Å². The number of rotatable bonds is 5. The van der Waals surface area contributed by atoms with Gasteiger partial charge in [-0.2, -0.15) is 0 Å². The highest BCUT2D eigenvalue weighted by Crippen LogP contribution is 2.18. The molecule has 2 rings (SSSR count). The Morgan fingerprint density at radius 2 is 1.80 bits per heavy atom. The zero-order chi connectivity index (χ0) is 14.8. The van der Waals surface area contributed by atoms with Crippen LogP contribution in [0.3, 0.4) is 0 Å². The number of hydrogen-bond donors (Lipinski definition) is 1. The Kier molecular flexibility index (Phi) is 4.25. The van der Waals surface area contributed by atoms with Gasteiger partial charge in [0.1, 0.15) is 10.6 Å². The highest BCUT2D eigenvalue weighted by Gasteiger charge is 2.23. The van der Waals surface area contributed by atoms with Crippen LogP contribution in [0.5, 0.6) is 0 Å². The highest BCUT2D eigenvalue weighted by molar-refractivity contribution is 7.89. The van der Waals surface area contributed by atoms with Crippen molar-refractivity contribution in [2.75, 3.05) is 6.54 Å². The Morgan fingerprint density at radius 1 is 1.15 bits per heavy atom. The lowest BCUT2D eigenvalue weighted by Crippen LogP contribution is -2.26. The minimum absolute atomic E-state index is 0.140. The SMILES string of the molecule is Cc1ccc(CCNS(=O)(=O)c2c(C)noc2C)cc1. The van der Waals surface area contributed by atoms with Crippen LogP contribution in [0.2, 0.25) is 0 Å². The maximum Gasteiger partial charge on any atom is 0.245 e. The molecule has 6 heteroatoms. The molecule has 1 aromatic carbocycles. The highest BCUT2D eigenvalue weighted by atomic mass is 32.2. The zero-order valence-corrected chi connectivity index (χ0v) is 12.6. The minimum atomic E-state index is -3.56. The van der Waals surface area contributed by atoms with E-state index in [1.54, 1.807) is 13.8 Å². The summed E-state index contributed by atoms with van der Waals surface area (Å²) in [6.45, 7) is 5.57. The summed E-state index contributed by atoms with van der Waals surface area (Å²) < 4.78 is 31.8.